The van der Waals surface area contributed by atoms with E-state index in [1.807, 2.05) is 20.8 Å². The highest BCUT2D eigenvalue weighted by Crippen LogP contribution is 2.35. The molecule has 0 radical (unpaired) electrons. The Morgan fingerprint density at radius 3 is 2.66 bits per heavy atom. The maximum absolute atomic E-state index is 13.2. The molecule has 1 heterocycles. The van der Waals surface area contributed by atoms with Crippen LogP contribution in [0.25, 0.3) is 0 Å². The maximum atomic E-state index is 13.2. The first-order valence-electron chi connectivity index (χ1n) is 9.57. The summed E-state index contributed by atoms with van der Waals surface area (Å²) in [5.74, 6) is 0.00365. The fourth-order valence-electron chi connectivity index (χ4n) is 3.13. The molecule has 0 saturated heterocycles. The Kier molecular flexibility index (Phi) is 7.94. The van der Waals surface area contributed by atoms with Gasteiger partial charge in [-0.3, -0.25) is 0 Å². The first kappa shape index (κ1) is 23.9. The van der Waals surface area contributed by atoms with Crippen LogP contribution >= 0.6 is 15.9 Å². The quantitative estimate of drug-likeness (QED) is 0.657. The zero-order valence-corrected chi connectivity index (χ0v) is 19.8. The number of halogens is 1. The molecule has 0 fully saturated rings. The lowest BCUT2D eigenvalue weighted by Crippen LogP contribution is -2.51. The van der Waals surface area contributed by atoms with E-state index in [1.165, 1.54) is 15.3 Å². The number of rotatable bonds is 5. The van der Waals surface area contributed by atoms with Crippen molar-refractivity contribution in [3.63, 3.8) is 0 Å². The summed E-state index contributed by atoms with van der Waals surface area (Å²) in [6, 6.07) is 3.95. The zero-order chi connectivity index (χ0) is 21.9. The minimum atomic E-state index is -3.85. The predicted molar refractivity (Wildman–Crippen MR) is 114 cm³/mol. The molecular formula is C19H30BrN3O5S. The molecule has 1 aliphatic heterocycles. The fraction of sp³-hybridized carbons (Fsp3) is 0.632. The summed E-state index contributed by atoms with van der Waals surface area (Å²) in [4.78, 5) is 13.9. The normalized spacial score (nSPS) is 22.8. The molecular weight excluding hydrogens is 462 g/mol. The molecule has 2 N–H and O–H groups in total. The lowest BCUT2D eigenvalue weighted by Gasteiger charge is -2.37. The van der Waals surface area contributed by atoms with Gasteiger partial charge in [0.2, 0.25) is 10.0 Å². The van der Waals surface area contributed by atoms with Crippen molar-refractivity contribution >= 4 is 32.0 Å². The van der Waals surface area contributed by atoms with Crippen molar-refractivity contribution in [1.82, 2.24) is 14.5 Å². The number of nitrogens with zero attached hydrogens (tertiary/aromatic N) is 2. The molecule has 0 saturated carbocycles. The Bertz CT molecular complexity index is 833. The van der Waals surface area contributed by atoms with Gasteiger partial charge in [-0.15, -0.1) is 0 Å². The Labute approximate surface area is 181 Å². The summed E-state index contributed by atoms with van der Waals surface area (Å²) in [6.45, 7) is 7.48. The van der Waals surface area contributed by atoms with Crippen LogP contribution in [0.3, 0.4) is 0 Å². The van der Waals surface area contributed by atoms with E-state index in [0.717, 1.165) is 0 Å². The van der Waals surface area contributed by atoms with E-state index in [0.29, 0.717) is 4.47 Å². The van der Waals surface area contributed by atoms with E-state index in [-0.39, 0.29) is 48.3 Å². The molecule has 3 atom stereocenters. The fourth-order valence-corrected chi connectivity index (χ4v) is 5.29. The van der Waals surface area contributed by atoms with Gasteiger partial charge >= 0.3 is 6.03 Å². The molecule has 0 aliphatic carbocycles. The molecule has 164 valence electrons. The third kappa shape index (κ3) is 5.62. The molecule has 2 amide bonds. The minimum Gasteiger partial charge on any atom is -0.487 e. The first-order chi connectivity index (χ1) is 13.5. The van der Waals surface area contributed by atoms with Gasteiger partial charge in [-0.1, -0.05) is 22.9 Å². The Morgan fingerprint density at radius 1 is 1.41 bits per heavy atom. The van der Waals surface area contributed by atoms with Crippen molar-refractivity contribution in [3.8, 4) is 5.75 Å². The number of carbonyl (C=O) groups is 1. The van der Waals surface area contributed by atoms with Crippen LogP contribution in [-0.4, -0.2) is 73.7 Å². The van der Waals surface area contributed by atoms with Crippen molar-refractivity contribution < 1.29 is 23.1 Å². The van der Waals surface area contributed by atoms with Crippen LogP contribution in [-0.2, 0) is 10.0 Å². The third-order valence-corrected chi connectivity index (χ3v) is 7.35. The second-order valence-corrected chi connectivity index (χ2v) is 10.6. The number of aliphatic hydroxyl groups is 1. The number of hydrogen-bond donors (Lipinski definition) is 2. The third-order valence-electron chi connectivity index (χ3n) is 4.84. The molecule has 29 heavy (non-hydrogen) atoms. The average molecular weight is 492 g/mol. The number of benzene rings is 1. The van der Waals surface area contributed by atoms with Gasteiger partial charge in [-0.2, -0.15) is 4.31 Å². The van der Waals surface area contributed by atoms with Crippen LogP contribution < -0.4 is 10.1 Å². The van der Waals surface area contributed by atoms with Crippen LogP contribution in [0.1, 0.15) is 27.7 Å². The van der Waals surface area contributed by atoms with Crippen LogP contribution in [0.4, 0.5) is 4.79 Å². The minimum absolute atomic E-state index is 0.00310. The molecule has 0 aromatic heterocycles. The van der Waals surface area contributed by atoms with Gasteiger partial charge in [-0.25, -0.2) is 13.2 Å². The largest absolute Gasteiger partial charge is 0.487 e. The number of fused-ring (bicyclic) bond motifs is 1. The van der Waals surface area contributed by atoms with Crippen molar-refractivity contribution in [1.29, 1.82) is 0 Å². The van der Waals surface area contributed by atoms with Gasteiger partial charge < -0.3 is 20.1 Å². The smallest absolute Gasteiger partial charge is 0.317 e. The predicted octanol–water partition coefficient (Wildman–Crippen LogP) is 2.27. The Balaban J connectivity index is 2.43. The molecule has 1 aromatic carbocycles. The number of likely N-dealkylation sites (N-methyl/N-ethyl adjacent to an activating group) is 1. The number of urea groups is 1. The van der Waals surface area contributed by atoms with Crippen molar-refractivity contribution in [3.05, 3.63) is 22.7 Å². The lowest BCUT2D eigenvalue weighted by molar-refractivity contribution is 0.0809. The topological polar surface area (TPSA) is 99.2 Å². The monoisotopic (exact) mass is 491 g/mol. The summed E-state index contributed by atoms with van der Waals surface area (Å²) >= 11 is 3.36. The molecule has 0 spiro atoms. The van der Waals surface area contributed by atoms with Gasteiger partial charge in [0, 0.05) is 36.1 Å². The molecule has 0 unspecified atom stereocenters. The van der Waals surface area contributed by atoms with Crippen LogP contribution in [0.15, 0.2) is 27.6 Å². The van der Waals surface area contributed by atoms with Crippen molar-refractivity contribution in [2.24, 2.45) is 5.92 Å². The highest BCUT2D eigenvalue weighted by Gasteiger charge is 2.38. The second-order valence-electron chi connectivity index (χ2n) is 7.82. The van der Waals surface area contributed by atoms with E-state index in [2.05, 4.69) is 21.2 Å². The molecule has 8 nitrogen and oxygen atoms in total. The molecule has 10 heteroatoms. The SMILES string of the molecule is CC(C)NC(=O)N(C)C[C@H]1Oc2cc(Br)ccc2S(=O)(=O)N([C@H](C)CO)C[C@@H]1C. The number of hydrogen-bond acceptors (Lipinski definition) is 5. The van der Waals surface area contributed by atoms with Crippen molar-refractivity contribution in [2.75, 3.05) is 26.7 Å². The summed E-state index contributed by atoms with van der Waals surface area (Å²) < 4.78 is 34.6. The van der Waals surface area contributed by atoms with Crippen LogP contribution in [0, 0.1) is 5.92 Å². The van der Waals surface area contributed by atoms with Gasteiger partial charge in [0.25, 0.3) is 0 Å². The maximum Gasteiger partial charge on any atom is 0.317 e. The summed E-state index contributed by atoms with van der Waals surface area (Å²) in [6.07, 6.45) is -0.435. The van der Waals surface area contributed by atoms with E-state index >= 15 is 0 Å². The van der Waals surface area contributed by atoms with Gasteiger partial charge in [0.05, 0.1) is 13.2 Å². The van der Waals surface area contributed by atoms with Crippen LogP contribution in [0.2, 0.25) is 0 Å². The van der Waals surface area contributed by atoms with E-state index in [1.54, 1.807) is 26.1 Å². The first-order valence-corrected chi connectivity index (χ1v) is 11.8. The number of nitrogens with one attached hydrogen (secondary N) is 1. The van der Waals surface area contributed by atoms with E-state index in [9.17, 15) is 18.3 Å². The van der Waals surface area contributed by atoms with Gasteiger partial charge in [0.1, 0.15) is 16.7 Å². The summed E-state index contributed by atoms with van der Waals surface area (Å²) in [5.41, 5.74) is 0. The Hall–Kier alpha value is -1.36. The van der Waals surface area contributed by atoms with Gasteiger partial charge in [-0.05, 0) is 39.0 Å². The van der Waals surface area contributed by atoms with E-state index in [4.69, 9.17) is 4.74 Å². The number of carbonyl (C=O) groups excluding carboxylic acids is 1. The second kappa shape index (κ2) is 9.63. The number of ether oxygens (including phenoxy) is 1. The molecule has 1 aromatic rings. The summed E-state index contributed by atoms with van der Waals surface area (Å²) in [5, 5.41) is 12.5. The number of amides is 2. The zero-order valence-electron chi connectivity index (χ0n) is 17.4. The molecule has 1 aliphatic rings. The highest BCUT2D eigenvalue weighted by molar-refractivity contribution is 9.10. The number of aliphatic hydroxyl groups excluding tert-OH is 1. The molecule has 2 rings (SSSR count). The van der Waals surface area contributed by atoms with Crippen molar-refractivity contribution in [2.45, 2.75) is 50.8 Å². The van der Waals surface area contributed by atoms with E-state index < -0.39 is 22.2 Å². The Morgan fingerprint density at radius 2 is 2.07 bits per heavy atom. The summed E-state index contributed by atoms with van der Waals surface area (Å²) in [7, 11) is -2.17. The average Bonchev–Trinajstić information content (AvgIpc) is 2.63. The number of sulfonamides is 1. The standard InChI is InChI=1S/C19H30BrN3O5S/c1-12(2)21-19(25)22(5)10-17-13(3)9-23(14(4)11-24)29(26,27)18-7-6-15(20)8-16(18)28-17/h6-8,12-14,17,24H,9-11H2,1-5H3,(H,21,25)/t13-,14+,17+/m0/s1. The molecule has 0 bridgehead atoms. The highest BCUT2D eigenvalue weighted by atomic mass is 79.9. The van der Waals surface area contributed by atoms with Gasteiger partial charge in [0.15, 0.2) is 0 Å². The lowest BCUT2D eigenvalue weighted by atomic mass is 10.0. The van der Waals surface area contributed by atoms with Crippen LogP contribution in [0.5, 0.6) is 5.75 Å².